The Morgan fingerprint density at radius 3 is 2.40 bits per heavy atom. The molecule has 0 spiro atoms. The number of amides is 1. The number of hydrogen-bond acceptors (Lipinski definition) is 4. The zero-order valence-electron chi connectivity index (χ0n) is 9.80. The number of carboxylic acids is 1. The molecule has 0 saturated carbocycles. The van der Waals surface area contributed by atoms with Crippen LogP contribution in [0.5, 0.6) is 0 Å². The van der Waals surface area contributed by atoms with Gasteiger partial charge in [-0.2, -0.15) is 0 Å². The predicted octanol–water partition coefficient (Wildman–Crippen LogP) is 2.73. The number of benzene rings is 1. The van der Waals surface area contributed by atoms with Crippen molar-refractivity contribution < 1.29 is 14.7 Å². The monoisotopic (exact) mass is 311 g/mol. The van der Waals surface area contributed by atoms with Crippen molar-refractivity contribution in [2.24, 2.45) is 0 Å². The molecule has 1 heterocycles. The maximum absolute atomic E-state index is 11.9. The quantitative estimate of drug-likeness (QED) is 0.909. The van der Waals surface area contributed by atoms with Gasteiger partial charge in [0.1, 0.15) is 0 Å². The van der Waals surface area contributed by atoms with E-state index in [2.05, 4.69) is 15.5 Å². The fourth-order valence-electron chi connectivity index (χ4n) is 1.37. The molecule has 20 heavy (non-hydrogen) atoms. The lowest BCUT2D eigenvalue weighted by molar-refractivity contribution is 0.0696. The zero-order valence-corrected chi connectivity index (χ0v) is 11.3. The van der Waals surface area contributed by atoms with Gasteiger partial charge in [-0.25, -0.2) is 4.79 Å². The smallest absolute Gasteiger partial charge is 0.335 e. The molecular weight excluding hydrogens is 305 g/mol. The van der Waals surface area contributed by atoms with Crippen LogP contribution in [0.1, 0.15) is 20.8 Å². The van der Waals surface area contributed by atoms with Crippen LogP contribution in [0, 0.1) is 0 Å². The molecule has 2 rings (SSSR count). The van der Waals surface area contributed by atoms with E-state index >= 15 is 0 Å². The number of nitrogens with zero attached hydrogens (tertiary/aromatic N) is 2. The van der Waals surface area contributed by atoms with Gasteiger partial charge in [-0.1, -0.05) is 23.2 Å². The minimum absolute atomic E-state index is 0.0271. The summed E-state index contributed by atoms with van der Waals surface area (Å²) in [6.07, 6.45) is 0. The van der Waals surface area contributed by atoms with Crippen LogP contribution in [0.15, 0.2) is 30.3 Å². The number of nitrogens with one attached hydrogen (secondary N) is 1. The molecule has 0 aliphatic rings. The second kappa shape index (κ2) is 5.85. The summed E-state index contributed by atoms with van der Waals surface area (Å²) in [5.74, 6) is -1.63. The summed E-state index contributed by atoms with van der Waals surface area (Å²) in [6, 6.07) is 6.81. The number of aromatic nitrogens is 2. The van der Waals surface area contributed by atoms with Gasteiger partial charge in [0.15, 0.2) is 10.8 Å². The first-order valence-corrected chi connectivity index (χ1v) is 6.06. The van der Waals surface area contributed by atoms with Gasteiger partial charge in [-0.05, 0) is 30.3 Å². The van der Waals surface area contributed by atoms with Gasteiger partial charge >= 0.3 is 5.97 Å². The number of carboxylic acid groups (broad SMARTS) is 1. The van der Waals surface area contributed by atoms with Crippen molar-refractivity contribution >= 4 is 40.8 Å². The maximum Gasteiger partial charge on any atom is 0.335 e. The highest BCUT2D eigenvalue weighted by molar-refractivity contribution is 6.34. The lowest BCUT2D eigenvalue weighted by Gasteiger charge is -2.07. The summed E-state index contributed by atoms with van der Waals surface area (Å²) >= 11 is 11.5. The van der Waals surface area contributed by atoms with E-state index in [-0.39, 0.29) is 27.1 Å². The molecule has 1 aromatic heterocycles. The molecule has 0 saturated heterocycles. The number of aromatic carboxylic acids is 1. The Bertz CT molecular complexity index is 674. The molecule has 0 radical (unpaired) electrons. The average Bonchev–Trinajstić information content (AvgIpc) is 2.41. The topological polar surface area (TPSA) is 92.2 Å². The fraction of sp³-hybridized carbons (Fsp3) is 0. The van der Waals surface area contributed by atoms with Crippen LogP contribution in [0.2, 0.25) is 10.2 Å². The van der Waals surface area contributed by atoms with Crippen LogP contribution in [0.25, 0.3) is 0 Å². The van der Waals surface area contributed by atoms with E-state index in [9.17, 15) is 9.59 Å². The Morgan fingerprint density at radius 2 is 1.85 bits per heavy atom. The van der Waals surface area contributed by atoms with Crippen molar-refractivity contribution in [1.29, 1.82) is 0 Å². The molecule has 0 fully saturated rings. The predicted molar refractivity (Wildman–Crippen MR) is 73.4 cm³/mol. The van der Waals surface area contributed by atoms with Crippen LogP contribution >= 0.6 is 23.2 Å². The summed E-state index contributed by atoms with van der Waals surface area (Å²) in [5, 5.41) is 18.8. The summed E-state index contributed by atoms with van der Waals surface area (Å²) in [5.41, 5.74) is 0.366. The van der Waals surface area contributed by atoms with Crippen molar-refractivity contribution in [3.05, 3.63) is 51.8 Å². The van der Waals surface area contributed by atoms with E-state index in [1.54, 1.807) is 0 Å². The van der Waals surface area contributed by atoms with Gasteiger partial charge in [0.25, 0.3) is 5.91 Å². The number of carbonyl (C=O) groups is 2. The third-order valence-electron chi connectivity index (χ3n) is 2.33. The normalized spacial score (nSPS) is 10.1. The Labute approximate surface area is 123 Å². The lowest BCUT2D eigenvalue weighted by atomic mass is 10.2. The van der Waals surface area contributed by atoms with Gasteiger partial charge < -0.3 is 10.4 Å². The molecule has 0 atom stereocenters. The van der Waals surface area contributed by atoms with Crippen molar-refractivity contribution in [1.82, 2.24) is 10.2 Å². The molecule has 0 bridgehead atoms. The molecule has 0 unspecified atom stereocenters. The minimum atomic E-state index is -1.10. The molecule has 2 aromatic rings. The molecule has 2 N–H and O–H groups in total. The van der Waals surface area contributed by atoms with Crippen LogP contribution in [0.3, 0.4) is 0 Å². The number of halogens is 2. The van der Waals surface area contributed by atoms with Gasteiger partial charge in [-0.15, -0.1) is 10.2 Å². The van der Waals surface area contributed by atoms with Gasteiger partial charge in [0.05, 0.1) is 16.3 Å². The average molecular weight is 312 g/mol. The number of hydrogen-bond donors (Lipinski definition) is 2. The first-order chi connectivity index (χ1) is 9.47. The molecule has 1 aromatic carbocycles. The van der Waals surface area contributed by atoms with Crippen molar-refractivity contribution in [2.75, 3.05) is 5.32 Å². The molecule has 0 aliphatic heterocycles. The Morgan fingerprint density at radius 1 is 1.10 bits per heavy atom. The van der Waals surface area contributed by atoms with E-state index in [1.807, 2.05) is 0 Å². The summed E-state index contributed by atoms with van der Waals surface area (Å²) in [6.45, 7) is 0. The molecule has 8 heteroatoms. The molecule has 1 amide bonds. The number of rotatable bonds is 3. The first-order valence-electron chi connectivity index (χ1n) is 5.31. The highest BCUT2D eigenvalue weighted by Gasteiger charge is 2.12. The zero-order chi connectivity index (χ0) is 14.7. The lowest BCUT2D eigenvalue weighted by Crippen LogP contribution is -2.14. The van der Waals surface area contributed by atoms with Crippen LogP contribution in [-0.4, -0.2) is 27.2 Å². The van der Waals surface area contributed by atoms with Gasteiger partial charge in [-0.3, -0.25) is 4.79 Å². The van der Waals surface area contributed by atoms with E-state index in [4.69, 9.17) is 28.3 Å². The third-order valence-corrected chi connectivity index (χ3v) is 2.84. The van der Waals surface area contributed by atoms with Crippen molar-refractivity contribution in [3.8, 4) is 0 Å². The summed E-state index contributed by atoms with van der Waals surface area (Å²) in [4.78, 5) is 22.6. The van der Waals surface area contributed by atoms with E-state index in [0.29, 0.717) is 0 Å². The summed E-state index contributed by atoms with van der Waals surface area (Å²) in [7, 11) is 0. The van der Waals surface area contributed by atoms with E-state index in [0.717, 1.165) is 0 Å². The number of anilines is 1. The van der Waals surface area contributed by atoms with Crippen LogP contribution < -0.4 is 5.32 Å². The highest BCUT2D eigenvalue weighted by Crippen LogP contribution is 2.23. The van der Waals surface area contributed by atoms with Crippen LogP contribution in [0.4, 0.5) is 5.69 Å². The third kappa shape index (κ3) is 3.23. The standard InChI is InChI=1S/C12H7Cl2N3O3/c13-7-5-6(12(19)20)1-2-8(7)15-11(18)9-3-4-10(14)17-16-9/h1-5H,(H,15,18)(H,19,20). The minimum Gasteiger partial charge on any atom is -0.478 e. The Hall–Kier alpha value is -2.18. The second-order valence-corrected chi connectivity index (χ2v) is 4.49. The Balaban J connectivity index is 2.19. The molecule has 0 aliphatic carbocycles. The Kier molecular flexibility index (Phi) is 4.16. The van der Waals surface area contributed by atoms with E-state index in [1.165, 1.54) is 30.3 Å². The molecular formula is C12H7Cl2N3O3. The van der Waals surface area contributed by atoms with Crippen molar-refractivity contribution in [2.45, 2.75) is 0 Å². The maximum atomic E-state index is 11.9. The van der Waals surface area contributed by atoms with Crippen LogP contribution in [-0.2, 0) is 0 Å². The number of carbonyl (C=O) groups excluding carboxylic acids is 1. The SMILES string of the molecule is O=C(O)c1ccc(NC(=O)c2ccc(Cl)nn2)c(Cl)c1. The highest BCUT2D eigenvalue weighted by atomic mass is 35.5. The molecule has 6 nitrogen and oxygen atoms in total. The van der Waals surface area contributed by atoms with Gasteiger partial charge in [0.2, 0.25) is 0 Å². The summed E-state index contributed by atoms with van der Waals surface area (Å²) < 4.78 is 0. The second-order valence-electron chi connectivity index (χ2n) is 3.70. The first kappa shape index (κ1) is 14.2. The van der Waals surface area contributed by atoms with Crippen molar-refractivity contribution in [3.63, 3.8) is 0 Å². The van der Waals surface area contributed by atoms with E-state index < -0.39 is 11.9 Å². The van der Waals surface area contributed by atoms with Gasteiger partial charge in [0, 0.05) is 0 Å². The fourth-order valence-corrected chi connectivity index (χ4v) is 1.70. The molecule has 102 valence electrons. The largest absolute Gasteiger partial charge is 0.478 e.